The topological polar surface area (TPSA) is 44.1 Å². The number of hydrogen-bond donors (Lipinski definition) is 0. The van der Waals surface area contributed by atoms with Crippen LogP contribution in [0.3, 0.4) is 0 Å². The number of allylic oxidation sites excluding steroid dienone is 1. The second-order valence-corrected chi connectivity index (χ2v) is 3.92. The summed E-state index contributed by atoms with van der Waals surface area (Å²) in [6, 6.07) is 1.84. The number of methoxy groups -OCH3 is 1. The van der Waals surface area contributed by atoms with Crippen LogP contribution in [0.4, 0.5) is 0 Å². The number of carbonyl (C=O) groups is 1. The van der Waals surface area contributed by atoms with Crippen molar-refractivity contribution in [2.45, 2.75) is 39.0 Å². The zero-order chi connectivity index (χ0) is 12.5. The third-order valence-electron chi connectivity index (χ3n) is 2.57. The van der Waals surface area contributed by atoms with Crippen molar-refractivity contribution in [1.82, 2.24) is 9.78 Å². The predicted octanol–water partition coefficient (Wildman–Crippen LogP) is 2.87. The minimum absolute atomic E-state index is 0.328. The van der Waals surface area contributed by atoms with Gasteiger partial charge in [0.05, 0.1) is 7.11 Å². The number of unbranched alkanes of at least 4 members (excludes halogenated alkanes) is 3. The Balaban J connectivity index is 2.61. The van der Waals surface area contributed by atoms with E-state index in [0.717, 1.165) is 18.5 Å². The molecule has 0 unspecified atom stereocenters. The number of hydrogen-bond acceptors (Lipinski definition) is 3. The highest BCUT2D eigenvalue weighted by Gasteiger charge is 2.04. The highest BCUT2D eigenvalue weighted by molar-refractivity contribution is 5.87. The standard InChI is InChI=1S/C13H20N2O2/c1-3-4-5-6-8-12(11-13(16)17-2)15-10-7-9-14-15/h7,9-11H,3-6,8H2,1-2H3/b12-11+. The Morgan fingerprint density at radius 3 is 2.82 bits per heavy atom. The lowest BCUT2D eigenvalue weighted by molar-refractivity contribution is -0.134. The molecule has 0 radical (unpaired) electrons. The van der Waals surface area contributed by atoms with Gasteiger partial charge in [0.15, 0.2) is 0 Å². The summed E-state index contributed by atoms with van der Waals surface area (Å²) in [6.07, 6.45) is 10.6. The Hall–Kier alpha value is -1.58. The summed E-state index contributed by atoms with van der Waals surface area (Å²) in [5.41, 5.74) is 0.887. The van der Waals surface area contributed by atoms with Gasteiger partial charge < -0.3 is 4.74 Å². The maximum Gasteiger partial charge on any atom is 0.332 e. The second kappa shape index (κ2) is 7.65. The van der Waals surface area contributed by atoms with E-state index in [1.165, 1.54) is 32.4 Å². The SMILES string of the molecule is CCCCCC/C(=C\C(=O)OC)n1cccn1. The molecule has 1 aromatic rings. The molecule has 1 heterocycles. The summed E-state index contributed by atoms with van der Waals surface area (Å²) in [6.45, 7) is 2.18. The first-order chi connectivity index (χ1) is 8.27. The van der Waals surface area contributed by atoms with E-state index in [2.05, 4.69) is 16.8 Å². The molecule has 1 rings (SSSR count). The lowest BCUT2D eigenvalue weighted by atomic mass is 10.1. The Labute approximate surface area is 102 Å². The number of esters is 1. The lowest BCUT2D eigenvalue weighted by Crippen LogP contribution is -2.03. The van der Waals surface area contributed by atoms with Crippen LogP contribution in [0.25, 0.3) is 5.70 Å². The van der Waals surface area contributed by atoms with Gasteiger partial charge in [-0.2, -0.15) is 5.10 Å². The first kappa shape index (κ1) is 13.5. The highest BCUT2D eigenvalue weighted by Crippen LogP contribution is 2.14. The molecular weight excluding hydrogens is 216 g/mol. The second-order valence-electron chi connectivity index (χ2n) is 3.92. The number of rotatable bonds is 7. The van der Waals surface area contributed by atoms with Gasteiger partial charge in [-0.3, -0.25) is 0 Å². The van der Waals surface area contributed by atoms with E-state index in [9.17, 15) is 4.79 Å². The first-order valence-electron chi connectivity index (χ1n) is 6.06. The van der Waals surface area contributed by atoms with Gasteiger partial charge in [-0.1, -0.05) is 26.2 Å². The van der Waals surface area contributed by atoms with E-state index < -0.39 is 0 Å². The third-order valence-corrected chi connectivity index (χ3v) is 2.57. The summed E-state index contributed by atoms with van der Waals surface area (Å²) in [7, 11) is 1.39. The zero-order valence-corrected chi connectivity index (χ0v) is 10.6. The molecule has 17 heavy (non-hydrogen) atoms. The monoisotopic (exact) mass is 236 g/mol. The van der Waals surface area contributed by atoms with Crippen molar-refractivity contribution in [2.24, 2.45) is 0 Å². The Kier molecular flexibility index (Phi) is 6.07. The molecular formula is C13H20N2O2. The quantitative estimate of drug-likeness (QED) is 0.415. The van der Waals surface area contributed by atoms with Crippen molar-refractivity contribution in [2.75, 3.05) is 7.11 Å². The molecule has 0 aliphatic heterocycles. The minimum atomic E-state index is -0.328. The summed E-state index contributed by atoms with van der Waals surface area (Å²) in [4.78, 5) is 11.3. The van der Waals surface area contributed by atoms with Crippen LogP contribution in [0.15, 0.2) is 24.5 Å². The number of aromatic nitrogens is 2. The smallest absolute Gasteiger partial charge is 0.332 e. The van der Waals surface area contributed by atoms with Crippen LogP contribution < -0.4 is 0 Å². The zero-order valence-electron chi connectivity index (χ0n) is 10.6. The number of carbonyl (C=O) groups excluding carboxylic acids is 1. The lowest BCUT2D eigenvalue weighted by Gasteiger charge is -2.07. The van der Waals surface area contributed by atoms with Crippen molar-refractivity contribution in [3.8, 4) is 0 Å². The van der Waals surface area contributed by atoms with Gasteiger partial charge >= 0.3 is 5.97 Å². The van der Waals surface area contributed by atoms with Crippen molar-refractivity contribution in [3.05, 3.63) is 24.5 Å². The van der Waals surface area contributed by atoms with Gasteiger partial charge in [-0.25, -0.2) is 9.48 Å². The molecule has 0 saturated heterocycles. The summed E-state index contributed by atoms with van der Waals surface area (Å²) in [5, 5.41) is 4.14. The Morgan fingerprint density at radius 1 is 1.41 bits per heavy atom. The average molecular weight is 236 g/mol. The molecule has 0 aliphatic rings. The van der Waals surface area contributed by atoms with Crippen LogP contribution in [-0.2, 0) is 9.53 Å². The molecule has 4 heteroatoms. The van der Waals surface area contributed by atoms with E-state index in [-0.39, 0.29) is 5.97 Å². The molecule has 0 fully saturated rings. The normalized spacial score (nSPS) is 11.5. The van der Waals surface area contributed by atoms with Crippen molar-refractivity contribution in [3.63, 3.8) is 0 Å². The predicted molar refractivity (Wildman–Crippen MR) is 67.3 cm³/mol. The van der Waals surface area contributed by atoms with E-state index in [1.54, 1.807) is 10.9 Å². The van der Waals surface area contributed by atoms with E-state index in [1.807, 2.05) is 12.3 Å². The minimum Gasteiger partial charge on any atom is -0.466 e. The molecule has 0 aromatic carbocycles. The molecule has 0 atom stereocenters. The van der Waals surface area contributed by atoms with Gasteiger partial charge in [-0.15, -0.1) is 0 Å². The fourth-order valence-electron chi connectivity index (χ4n) is 1.62. The summed E-state index contributed by atoms with van der Waals surface area (Å²) < 4.78 is 6.37. The van der Waals surface area contributed by atoms with E-state index in [0.29, 0.717) is 0 Å². The first-order valence-corrected chi connectivity index (χ1v) is 6.06. The fraction of sp³-hybridized carbons (Fsp3) is 0.538. The largest absolute Gasteiger partial charge is 0.466 e. The number of ether oxygens (including phenoxy) is 1. The maximum atomic E-state index is 11.3. The summed E-state index contributed by atoms with van der Waals surface area (Å²) >= 11 is 0. The van der Waals surface area contributed by atoms with Crippen molar-refractivity contribution in [1.29, 1.82) is 0 Å². The Bertz CT molecular complexity index is 356. The molecule has 1 aromatic heterocycles. The maximum absolute atomic E-state index is 11.3. The fourth-order valence-corrected chi connectivity index (χ4v) is 1.62. The van der Waals surface area contributed by atoms with Crippen molar-refractivity contribution >= 4 is 11.7 Å². The van der Waals surface area contributed by atoms with E-state index >= 15 is 0 Å². The van der Waals surface area contributed by atoms with Gasteiger partial charge in [0.25, 0.3) is 0 Å². The van der Waals surface area contributed by atoms with Crippen LogP contribution in [0.5, 0.6) is 0 Å². The molecule has 0 bridgehead atoms. The molecule has 0 spiro atoms. The molecule has 4 nitrogen and oxygen atoms in total. The third kappa shape index (κ3) is 4.85. The van der Waals surface area contributed by atoms with Crippen LogP contribution in [0, 0.1) is 0 Å². The molecule has 0 aliphatic carbocycles. The van der Waals surface area contributed by atoms with Gasteiger partial charge in [-0.05, 0) is 18.9 Å². The Morgan fingerprint density at radius 2 is 2.24 bits per heavy atom. The molecule has 0 saturated carbocycles. The van der Waals surface area contributed by atoms with E-state index in [4.69, 9.17) is 0 Å². The molecule has 94 valence electrons. The summed E-state index contributed by atoms with van der Waals surface area (Å²) in [5.74, 6) is -0.328. The van der Waals surface area contributed by atoms with Crippen LogP contribution in [-0.4, -0.2) is 22.9 Å². The van der Waals surface area contributed by atoms with Gasteiger partial charge in [0.2, 0.25) is 0 Å². The van der Waals surface area contributed by atoms with Gasteiger partial charge in [0.1, 0.15) is 0 Å². The van der Waals surface area contributed by atoms with Crippen molar-refractivity contribution < 1.29 is 9.53 Å². The van der Waals surface area contributed by atoms with Crippen LogP contribution in [0.2, 0.25) is 0 Å². The van der Waals surface area contributed by atoms with Crippen LogP contribution in [0.1, 0.15) is 39.0 Å². The highest BCUT2D eigenvalue weighted by atomic mass is 16.5. The number of nitrogens with zero attached hydrogens (tertiary/aromatic N) is 2. The molecule has 0 amide bonds. The van der Waals surface area contributed by atoms with Gasteiger partial charge in [0, 0.05) is 24.2 Å². The average Bonchev–Trinajstić information content (AvgIpc) is 2.86. The molecule has 0 N–H and O–H groups in total. The van der Waals surface area contributed by atoms with Crippen LogP contribution >= 0.6 is 0 Å².